The summed E-state index contributed by atoms with van der Waals surface area (Å²) >= 11 is 18.2. The van der Waals surface area contributed by atoms with E-state index in [0.29, 0.717) is 20.8 Å². The van der Waals surface area contributed by atoms with E-state index in [2.05, 4.69) is 10.6 Å². The van der Waals surface area contributed by atoms with Crippen molar-refractivity contribution in [2.75, 3.05) is 11.9 Å². The Morgan fingerprint density at radius 1 is 1.00 bits per heavy atom. The summed E-state index contributed by atoms with van der Waals surface area (Å²) in [6, 6.07) is 12.5. The van der Waals surface area contributed by atoms with Gasteiger partial charge >= 0.3 is 0 Å². The number of rotatable bonds is 5. The fraction of sp³-hybridized carbons (Fsp3) is 0.188. The molecule has 0 aliphatic rings. The molecule has 0 heterocycles. The van der Waals surface area contributed by atoms with E-state index in [0.717, 1.165) is 5.56 Å². The highest BCUT2D eigenvalue weighted by molar-refractivity contribution is 6.39. The van der Waals surface area contributed by atoms with Crippen molar-refractivity contribution in [2.24, 2.45) is 0 Å². The SMILES string of the molecule is C[C@@H](NCC(=O)Nc1c(Cl)cccc1Cl)c1ccccc1Cl. The van der Waals surface area contributed by atoms with Crippen molar-refractivity contribution >= 4 is 46.4 Å². The minimum absolute atomic E-state index is 0.0545. The molecule has 3 nitrogen and oxygen atoms in total. The van der Waals surface area contributed by atoms with Crippen molar-refractivity contribution in [1.29, 1.82) is 0 Å². The maximum Gasteiger partial charge on any atom is 0.238 e. The molecule has 0 saturated heterocycles. The average molecular weight is 358 g/mol. The molecule has 0 bridgehead atoms. The molecule has 0 aliphatic carbocycles. The van der Waals surface area contributed by atoms with Gasteiger partial charge in [0.25, 0.3) is 0 Å². The number of para-hydroxylation sites is 1. The first kappa shape index (κ1) is 17.1. The molecule has 0 aliphatic heterocycles. The Bertz CT molecular complexity index is 656. The Morgan fingerprint density at radius 3 is 2.23 bits per heavy atom. The van der Waals surface area contributed by atoms with Gasteiger partial charge in [-0.25, -0.2) is 0 Å². The maximum atomic E-state index is 12.0. The lowest BCUT2D eigenvalue weighted by Crippen LogP contribution is -2.30. The topological polar surface area (TPSA) is 41.1 Å². The zero-order valence-electron chi connectivity index (χ0n) is 11.9. The van der Waals surface area contributed by atoms with E-state index in [4.69, 9.17) is 34.8 Å². The van der Waals surface area contributed by atoms with Crippen molar-refractivity contribution in [3.05, 3.63) is 63.1 Å². The van der Waals surface area contributed by atoms with E-state index in [1.165, 1.54) is 0 Å². The molecule has 6 heteroatoms. The largest absolute Gasteiger partial charge is 0.322 e. The zero-order valence-corrected chi connectivity index (χ0v) is 14.1. The summed E-state index contributed by atoms with van der Waals surface area (Å²) in [6.45, 7) is 2.06. The summed E-state index contributed by atoms with van der Waals surface area (Å²) in [6.07, 6.45) is 0. The van der Waals surface area contributed by atoms with Gasteiger partial charge in [-0.05, 0) is 30.7 Å². The molecular weight excluding hydrogens is 343 g/mol. The number of hydrogen-bond acceptors (Lipinski definition) is 2. The second-order valence-electron chi connectivity index (χ2n) is 4.77. The summed E-state index contributed by atoms with van der Waals surface area (Å²) in [5.41, 5.74) is 1.36. The quantitative estimate of drug-likeness (QED) is 0.796. The normalized spacial score (nSPS) is 12.0. The molecule has 1 amide bonds. The number of amides is 1. The Kier molecular flexibility index (Phi) is 6.09. The van der Waals surface area contributed by atoms with Gasteiger partial charge in [0.1, 0.15) is 0 Å². The number of halogens is 3. The number of carbonyl (C=O) groups is 1. The first-order valence-corrected chi connectivity index (χ1v) is 7.84. The van der Waals surface area contributed by atoms with Crippen LogP contribution in [0.1, 0.15) is 18.5 Å². The van der Waals surface area contributed by atoms with Crippen LogP contribution in [-0.2, 0) is 4.79 Å². The molecule has 22 heavy (non-hydrogen) atoms. The Balaban J connectivity index is 1.95. The minimum atomic E-state index is -0.228. The van der Waals surface area contributed by atoms with Crippen LogP contribution in [0, 0.1) is 0 Å². The summed E-state index contributed by atoms with van der Waals surface area (Å²) in [4.78, 5) is 12.0. The van der Waals surface area contributed by atoms with Crippen molar-refractivity contribution < 1.29 is 4.79 Å². The molecule has 0 saturated carbocycles. The predicted octanol–water partition coefficient (Wildman–Crippen LogP) is 4.94. The Hall–Kier alpha value is -1.26. The fourth-order valence-electron chi connectivity index (χ4n) is 1.98. The smallest absolute Gasteiger partial charge is 0.238 e. The molecule has 0 unspecified atom stereocenters. The number of anilines is 1. The molecule has 2 N–H and O–H groups in total. The van der Waals surface area contributed by atoms with Gasteiger partial charge in [-0.3, -0.25) is 4.79 Å². The maximum absolute atomic E-state index is 12.0. The number of benzene rings is 2. The Morgan fingerprint density at radius 2 is 1.59 bits per heavy atom. The monoisotopic (exact) mass is 356 g/mol. The molecule has 116 valence electrons. The summed E-state index contributed by atoms with van der Waals surface area (Å²) < 4.78 is 0. The summed E-state index contributed by atoms with van der Waals surface area (Å²) in [7, 11) is 0. The molecule has 0 aromatic heterocycles. The van der Waals surface area contributed by atoms with E-state index >= 15 is 0 Å². The highest BCUT2D eigenvalue weighted by Gasteiger charge is 2.12. The molecule has 0 spiro atoms. The van der Waals surface area contributed by atoms with E-state index in [9.17, 15) is 4.79 Å². The predicted molar refractivity (Wildman–Crippen MR) is 93.0 cm³/mol. The van der Waals surface area contributed by atoms with Gasteiger partial charge in [-0.15, -0.1) is 0 Å². The van der Waals surface area contributed by atoms with E-state index in [1.807, 2.05) is 31.2 Å². The molecule has 1 atom stereocenters. The highest BCUT2D eigenvalue weighted by atomic mass is 35.5. The van der Waals surface area contributed by atoms with Gasteiger partial charge < -0.3 is 10.6 Å². The van der Waals surface area contributed by atoms with E-state index in [-0.39, 0.29) is 18.5 Å². The molecule has 2 rings (SSSR count). The fourth-order valence-corrected chi connectivity index (χ4v) is 2.77. The van der Waals surface area contributed by atoms with Crippen LogP contribution in [0.5, 0.6) is 0 Å². The molecule has 0 fully saturated rings. The second-order valence-corrected chi connectivity index (χ2v) is 5.99. The van der Waals surface area contributed by atoms with Gasteiger partial charge in [-0.2, -0.15) is 0 Å². The van der Waals surface area contributed by atoms with Gasteiger partial charge in [-0.1, -0.05) is 59.1 Å². The van der Waals surface area contributed by atoms with Gasteiger partial charge in [0, 0.05) is 11.1 Å². The lowest BCUT2D eigenvalue weighted by atomic mass is 10.1. The minimum Gasteiger partial charge on any atom is -0.322 e. The first-order valence-electron chi connectivity index (χ1n) is 6.70. The standard InChI is InChI=1S/C16H15Cl3N2O/c1-10(11-5-2-3-6-12(11)17)20-9-15(22)21-16-13(18)7-4-8-14(16)19/h2-8,10,20H,9H2,1H3,(H,21,22)/t10-/m1/s1. The van der Waals surface area contributed by atoms with Crippen LogP contribution >= 0.6 is 34.8 Å². The lowest BCUT2D eigenvalue weighted by Gasteiger charge is -2.16. The van der Waals surface area contributed by atoms with Crippen LogP contribution in [0.2, 0.25) is 15.1 Å². The Labute approximate surface area is 144 Å². The number of carbonyl (C=O) groups excluding carboxylic acids is 1. The van der Waals surface area contributed by atoms with Crippen molar-refractivity contribution in [2.45, 2.75) is 13.0 Å². The highest BCUT2D eigenvalue weighted by Crippen LogP contribution is 2.29. The molecule has 2 aromatic rings. The first-order chi connectivity index (χ1) is 10.5. The van der Waals surface area contributed by atoms with Crippen LogP contribution in [-0.4, -0.2) is 12.5 Å². The van der Waals surface area contributed by atoms with E-state index in [1.54, 1.807) is 18.2 Å². The van der Waals surface area contributed by atoms with Crippen LogP contribution in [0.15, 0.2) is 42.5 Å². The average Bonchev–Trinajstić information content (AvgIpc) is 2.49. The van der Waals surface area contributed by atoms with Crippen molar-refractivity contribution in [3.8, 4) is 0 Å². The van der Waals surface area contributed by atoms with Crippen molar-refractivity contribution in [1.82, 2.24) is 5.32 Å². The molecule has 0 radical (unpaired) electrons. The van der Waals surface area contributed by atoms with Crippen LogP contribution in [0.25, 0.3) is 0 Å². The lowest BCUT2D eigenvalue weighted by molar-refractivity contribution is -0.115. The third kappa shape index (κ3) is 4.37. The van der Waals surface area contributed by atoms with Gasteiger partial charge in [0.15, 0.2) is 0 Å². The van der Waals surface area contributed by atoms with Crippen LogP contribution < -0.4 is 10.6 Å². The van der Waals surface area contributed by atoms with Crippen LogP contribution in [0.4, 0.5) is 5.69 Å². The summed E-state index contributed by atoms with van der Waals surface area (Å²) in [5.74, 6) is -0.228. The second kappa shape index (κ2) is 7.84. The summed E-state index contributed by atoms with van der Waals surface area (Å²) in [5, 5.41) is 7.29. The molecular formula is C16H15Cl3N2O. The van der Waals surface area contributed by atoms with E-state index < -0.39 is 0 Å². The third-order valence-electron chi connectivity index (χ3n) is 3.17. The van der Waals surface area contributed by atoms with Crippen LogP contribution in [0.3, 0.4) is 0 Å². The number of hydrogen-bond donors (Lipinski definition) is 2. The third-order valence-corrected chi connectivity index (χ3v) is 4.14. The number of nitrogens with one attached hydrogen (secondary N) is 2. The van der Waals surface area contributed by atoms with Crippen molar-refractivity contribution in [3.63, 3.8) is 0 Å². The van der Waals surface area contributed by atoms with Gasteiger partial charge in [0.2, 0.25) is 5.91 Å². The van der Waals surface area contributed by atoms with Gasteiger partial charge in [0.05, 0.1) is 22.3 Å². The zero-order chi connectivity index (χ0) is 16.1. The molecule has 2 aromatic carbocycles.